The van der Waals surface area contributed by atoms with Crippen molar-refractivity contribution in [2.75, 3.05) is 6.54 Å². The predicted octanol–water partition coefficient (Wildman–Crippen LogP) is 2.53. The van der Waals surface area contributed by atoms with Crippen LogP contribution in [0.2, 0.25) is 0 Å². The van der Waals surface area contributed by atoms with Crippen LogP contribution >= 0.6 is 12.4 Å². The summed E-state index contributed by atoms with van der Waals surface area (Å²) in [6, 6.07) is 4.83. The van der Waals surface area contributed by atoms with Crippen LogP contribution in [0.25, 0.3) is 0 Å². The van der Waals surface area contributed by atoms with Crippen LogP contribution < -0.4 is 5.73 Å². The van der Waals surface area contributed by atoms with Gasteiger partial charge in [-0.25, -0.2) is 0 Å². The summed E-state index contributed by atoms with van der Waals surface area (Å²) in [7, 11) is 0. The maximum atomic E-state index is 12.8. The van der Waals surface area contributed by atoms with Crippen molar-refractivity contribution < 1.29 is 22.8 Å². The Hall–Kier alpha value is -1.80. The molecule has 1 fully saturated rings. The number of likely N-dealkylation sites (tertiary alicyclic amines) is 1. The van der Waals surface area contributed by atoms with Gasteiger partial charge in [0.05, 0.1) is 17.4 Å². The van der Waals surface area contributed by atoms with Gasteiger partial charge in [-0.05, 0) is 25.0 Å². The van der Waals surface area contributed by atoms with Gasteiger partial charge in [-0.15, -0.1) is 12.4 Å². The van der Waals surface area contributed by atoms with Gasteiger partial charge in [0, 0.05) is 18.5 Å². The second-order valence-electron chi connectivity index (χ2n) is 5.66. The number of carbonyl (C=O) groups is 1. The SMILES string of the molecule is Cl.NC1CCCN1C(=O)C1CC(c2cccc(C(F)(F)F)c2)=NO1. The highest BCUT2D eigenvalue weighted by atomic mass is 35.5. The van der Waals surface area contributed by atoms with Crippen molar-refractivity contribution >= 4 is 24.0 Å². The van der Waals surface area contributed by atoms with Gasteiger partial charge in [-0.2, -0.15) is 13.2 Å². The second-order valence-corrected chi connectivity index (χ2v) is 5.66. The van der Waals surface area contributed by atoms with Gasteiger partial charge in [0.1, 0.15) is 0 Å². The molecule has 132 valence electrons. The van der Waals surface area contributed by atoms with Crippen molar-refractivity contribution in [3.05, 3.63) is 35.4 Å². The van der Waals surface area contributed by atoms with Crippen molar-refractivity contribution in [3.8, 4) is 0 Å². The maximum Gasteiger partial charge on any atom is 0.416 e. The van der Waals surface area contributed by atoms with Crippen LogP contribution in [0.3, 0.4) is 0 Å². The molecule has 1 amide bonds. The monoisotopic (exact) mass is 363 g/mol. The first-order valence-electron chi connectivity index (χ1n) is 7.32. The standard InChI is InChI=1S/C15H16F3N3O2.ClH/c16-15(17,18)10-4-1-3-9(7-10)11-8-12(23-20-11)14(22)21-6-2-5-13(21)19;/h1,3-4,7,12-13H,2,5-6,8,19H2;1H. The number of alkyl halides is 3. The van der Waals surface area contributed by atoms with Gasteiger partial charge in [0.25, 0.3) is 5.91 Å². The number of amides is 1. The number of hydrogen-bond acceptors (Lipinski definition) is 4. The molecule has 2 N–H and O–H groups in total. The summed E-state index contributed by atoms with van der Waals surface area (Å²) in [6.07, 6.45) is -3.86. The third-order valence-corrected chi connectivity index (χ3v) is 4.05. The molecule has 2 aliphatic heterocycles. The highest BCUT2D eigenvalue weighted by Gasteiger charge is 2.37. The van der Waals surface area contributed by atoms with E-state index in [-0.39, 0.29) is 30.9 Å². The predicted molar refractivity (Wildman–Crippen MR) is 83.6 cm³/mol. The van der Waals surface area contributed by atoms with E-state index in [1.165, 1.54) is 17.0 Å². The average Bonchev–Trinajstić information content (AvgIpc) is 3.15. The van der Waals surface area contributed by atoms with Crippen LogP contribution in [0, 0.1) is 0 Å². The summed E-state index contributed by atoms with van der Waals surface area (Å²) in [5.41, 5.74) is 5.73. The topological polar surface area (TPSA) is 67.9 Å². The fraction of sp³-hybridized carbons (Fsp3) is 0.467. The highest BCUT2D eigenvalue weighted by Crippen LogP contribution is 2.30. The number of halogens is 4. The van der Waals surface area contributed by atoms with Crippen LogP contribution in [0.5, 0.6) is 0 Å². The normalized spacial score (nSPS) is 23.5. The van der Waals surface area contributed by atoms with Crippen molar-refractivity contribution in [1.29, 1.82) is 0 Å². The van der Waals surface area contributed by atoms with Gasteiger partial charge in [-0.3, -0.25) is 4.79 Å². The molecular formula is C15H17ClF3N3O2. The molecule has 3 rings (SSSR count). The fourth-order valence-corrected chi connectivity index (χ4v) is 2.81. The highest BCUT2D eigenvalue weighted by molar-refractivity contribution is 6.04. The first-order valence-corrected chi connectivity index (χ1v) is 7.32. The summed E-state index contributed by atoms with van der Waals surface area (Å²) in [6.45, 7) is 0.568. The molecule has 0 radical (unpaired) electrons. The molecule has 2 atom stereocenters. The Balaban J connectivity index is 0.00000208. The number of carbonyl (C=O) groups excluding carboxylic acids is 1. The third-order valence-electron chi connectivity index (χ3n) is 4.05. The Morgan fingerprint density at radius 2 is 2.12 bits per heavy atom. The molecule has 1 aromatic rings. The lowest BCUT2D eigenvalue weighted by molar-refractivity contribution is -0.142. The first-order chi connectivity index (χ1) is 10.9. The third kappa shape index (κ3) is 3.64. The quantitative estimate of drug-likeness (QED) is 0.878. The molecule has 0 aliphatic carbocycles. The molecule has 1 saturated heterocycles. The van der Waals surface area contributed by atoms with Gasteiger partial charge in [0.2, 0.25) is 6.10 Å². The fourth-order valence-electron chi connectivity index (χ4n) is 2.81. The number of oxime groups is 1. The smallest absolute Gasteiger partial charge is 0.382 e. The molecule has 5 nitrogen and oxygen atoms in total. The van der Waals surface area contributed by atoms with E-state index in [0.29, 0.717) is 17.8 Å². The molecule has 2 unspecified atom stereocenters. The van der Waals surface area contributed by atoms with Gasteiger partial charge < -0.3 is 15.5 Å². The number of hydrogen-bond donors (Lipinski definition) is 1. The van der Waals surface area contributed by atoms with Crippen LogP contribution in [0.1, 0.15) is 30.4 Å². The summed E-state index contributed by atoms with van der Waals surface area (Å²) < 4.78 is 38.3. The van der Waals surface area contributed by atoms with E-state index >= 15 is 0 Å². The zero-order chi connectivity index (χ0) is 16.6. The molecule has 0 bridgehead atoms. The number of benzene rings is 1. The largest absolute Gasteiger partial charge is 0.416 e. The zero-order valence-corrected chi connectivity index (χ0v) is 13.4. The zero-order valence-electron chi connectivity index (χ0n) is 12.6. The van der Waals surface area contributed by atoms with E-state index in [1.54, 1.807) is 0 Å². The van der Waals surface area contributed by atoms with Crippen molar-refractivity contribution in [3.63, 3.8) is 0 Å². The lowest BCUT2D eigenvalue weighted by atomic mass is 10.0. The van der Waals surface area contributed by atoms with E-state index in [9.17, 15) is 18.0 Å². The van der Waals surface area contributed by atoms with Crippen molar-refractivity contribution in [1.82, 2.24) is 4.90 Å². The van der Waals surface area contributed by atoms with Crippen molar-refractivity contribution in [2.45, 2.75) is 37.7 Å². The second kappa shape index (κ2) is 6.98. The summed E-state index contributed by atoms with van der Waals surface area (Å²) >= 11 is 0. The molecule has 9 heteroatoms. The van der Waals surface area contributed by atoms with Crippen molar-refractivity contribution in [2.24, 2.45) is 10.9 Å². The minimum absolute atomic E-state index is 0. The number of nitrogens with two attached hydrogens (primary N) is 1. The van der Waals surface area contributed by atoms with Crippen LogP contribution in [-0.4, -0.2) is 35.3 Å². The summed E-state index contributed by atoms with van der Waals surface area (Å²) in [5.74, 6) is -0.263. The number of nitrogens with zero attached hydrogens (tertiary/aromatic N) is 2. The lowest BCUT2D eigenvalue weighted by Gasteiger charge is -2.23. The Kier molecular flexibility index (Phi) is 5.39. The molecule has 1 aromatic carbocycles. The molecular weight excluding hydrogens is 347 g/mol. The van der Waals surface area contributed by atoms with Crippen LogP contribution in [0.15, 0.2) is 29.4 Å². The summed E-state index contributed by atoms with van der Waals surface area (Å²) in [5, 5.41) is 3.79. The van der Waals surface area contributed by atoms with Crippen LogP contribution in [0.4, 0.5) is 13.2 Å². The minimum atomic E-state index is -4.42. The van der Waals surface area contributed by atoms with E-state index in [2.05, 4.69) is 5.16 Å². The first kappa shape index (κ1) is 18.5. The summed E-state index contributed by atoms with van der Waals surface area (Å²) in [4.78, 5) is 19.0. The van der Waals surface area contributed by atoms with Gasteiger partial charge in [-0.1, -0.05) is 17.3 Å². The number of rotatable bonds is 2. The van der Waals surface area contributed by atoms with E-state index in [1.807, 2.05) is 0 Å². The molecule has 2 heterocycles. The lowest BCUT2D eigenvalue weighted by Crippen LogP contribution is -2.46. The Morgan fingerprint density at radius 1 is 1.38 bits per heavy atom. The molecule has 2 aliphatic rings. The van der Waals surface area contributed by atoms with Gasteiger partial charge in [0.15, 0.2) is 0 Å². The molecule has 0 aromatic heterocycles. The molecule has 0 spiro atoms. The van der Waals surface area contributed by atoms with E-state index in [4.69, 9.17) is 10.6 Å². The Bertz CT molecular complexity index is 651. The average molecular weight is 364 g/mol. The van der Waals surface area contributed by atoms with Gasteiger partial charge >= 0.3 is 6.18 Å². The Morgan fingerprint density at radius 3 is 2.75 bits per heavy atom. The van der Waals surface area contributed by atoms with E-state index in [0.717, 1.165) is 25.0 Å². The minimum Gasteiger partial charge on any atom is -0.382 e. The Labute approximate surface area is 143 Å². The molecule has 24 heavy (non-hydrogen) atoms. The van der Waals surface area contributed by atoms with E-state index < -0.39 is 17.8 Å². The molecule has 0 saturated carbocycles. The maximum absolute atomic E-state index is 12.8. The van der Waals surface area contributed by atoms with Crippen LogP contribution in [-0.2, 0) is 15.8 Å².